The monoisotopic (exact) mass is 485 g/mol. The number of fused-ring (bicyclic) bond motifs is 1. The zero-order chi connectivity index (χ0) is 24.4. The zero-order valence-electron chi connectivity index (χ0n) is 19.4. The molecule has 6 nitrogen and oxygen atoms in total. The molecule has 0 spiro atoms. The average Bonchev–Trinajstić information content (AvgIpc) is 3.44. The van der Waals surface area contributed by atoms with Crippen LogP contribution in [0.3, 0.4) is 0 Å². The van der Waals surface area contributed by atoms with Crippen molar-refractivity contribution in [2.75, 3.05) is 5.32 Å². The molecule has 2 heterocycles. The molecule has 0 aliphatic carbocycles. The summed E-state index contributed by atoms with van der Waals surface area (Å²) in [6.07, 6.45) is 0. The Labute approximate surface area is 208 Å². The van der Waals surface area contributed by atoms with Crippen molar-refractivity contribution in [3.8, 4) is 5.75 Å². The third-order valence-electron chi connectivity index (χ3n) is 5.85. The number of carbonyl (C=O) groups is 1. The summed E-state index contributed by atoms with van der Waals surface area (Å²) in [6, 6.07) is 25.0. The minimum Gasteiger partial charge on any atom is -0.486 e. The number of ether oxygens (including phenoxy) is 1. The van der Waals surface area contributed by atoms with Crippen molar-refractivity contribution in [3.05, 3.63) is 112 Å². The third-order valence-corrected chi connectivity index (χ3v) is 6.11. The summed E-state index contributed by atoms with van der Waals surface area (Å²) >= 11 is 5.98. The van der Waals surface area contributed by atoms with Crippen LogP contribution in [0.1, 0.15) is 33.3 Å². The van der Waals surface area contributed by atoms with Gasteiger partial charge in [0, 0.05) is 5.02 Å². The van der Waals surface area contributed by atoms with E-state index in [9.17, 15) is 4.79 Å². The topological polar surface area (TPSA) is 69.3 Å². The molecule has 1 N–H and O–H groups in total. The van der Waals surface area contributed by atoms with Gasteiger partial charge in [0.2, 0.25) is 0 Å². The van der Waals surface area contributed by atoms with Crippen molar-refractivity contribution >= 4 is 34.0 Å². The van der Waals surface area contributed by atoms with Crippen LogP contribution >= 0.6 is 11.6 Å². The highest BCUT2D eigenvalue weighted by atomic mass is 35.5. The summed E-state index contributed by atoms with van der Waals surface area (Å²) in [5.41, 5.74) is 3.34. The van der Waals surface area contributed by atoms with E-state index in [1.165, 1.54) is 0 Å². The smallest absolute Gasteiger partial charge is 0.291 e. The Bertz CT molecular complexity index is 1500. The van der Waals surface area contributed by atoms with E-state index in [4.69, 9.17) is 20.8 Å². The van der Waals surface area contributed by atoms with Crippen molar-refractivity contribution in [1.29, 1.82) is 0 Å². The van der Waals surface area contributed by atoms with Crippen LogP contribution in [0.15, 0.2) is 83.3 Å². The standard InChI is InChI=1S/C28H24ClN3O3/c1-18-27(19(2)32(31-18)16-20-7-10-23(29)11-8-20)30-28(33)26-14-13-25(35-26)17-34-24-12-9-21-5-3-4-6-22(21)15-24/h3-15H,16-17H2,1-2H3,(H,30,33). The second-order valence-electron chi connectivity index (χ2n) is 8.35. The minimum absolute atomic E-state index is 0.214. The number of amides is 1. The molecule has 0 unspecified atom stereocenters. The van der Waals surface area contributed by atoms with Crippen molar-refractivity contribution in [3.63, 3.8) is 0 Å². The Morgan fingerprint density at radius 3 is 2.57 bits per heavy atom. The molecule has 0 saturated carbocycles. The Morgan fingerprint density at radius 1 is 1.00 bits per heavy atom. The molecule has 0 fully saturated rings. The lowest BCUT2D eigenvalue weighted by molar-refractivity contribution is 0.0992. The fraction of sp³-hybridized carbons (Fsp3) is 0.143. The molecule has 5 aromatic rings. The predicted octanol–water partition coefficient (Wildman–Crippen LogP) is 6.78. The Kier molecular flexibility index (Phi) is 6.29. The number of halogens is 1. The molecule has 7 heteroatoms. The van der Waals surface area contributed by atoms with E-state index in [1.807, 2.05) is 79.2 Å². The highest BCUT2D eigenvalue weighted by Crippen LogP contribution is 2.24. The van der Waals surface area contributed by atoms with Gasteiger partial charge < -0.3 is 14.5 Å². The molecule has 0 bridgehead atoms. The molecule has 2 aromatic heterocycles. The first-order valence-electron chi connectivity index (χ1n) is 11.3. The normalized spacial score (nSPS) is 11.1. The molecule has 3 aromatic carbocycles. The van der Waals surface area contributed by atoms with E-state index in [0.717, 1.165) is 33.5 Å². The van der Waals surface area contributed by atoms with Crippen LogP contribution in [0.4, 0.5) is 5.69 Å². The number of anilines is 1. The van der Waals surface area contributed by atoms with Crippen molar-refractivity contribution in [2.24, 2.45) is 0 Å². The summed E-state index contributed by atoms with van der Waals surface area (Å²) in [5, 5.41) is 10.5. The van der Waals surface area contributed by atoms with Crippen LogP contribution in [0.2, 0.25) is 5.02 Å². The van der Waals surface area contributed by atoms with Crippen LogP contribution < -0.4 is 10.1 Å². The second-order valence-corrected chi connectivity index (χ2v) is 8.78. The first-order chi connectivity index (χ1) is 17.0. The molecule has 0 aliphatic rings. The van der Waals surface area contributed by atoms with Gasteiger partial charge in [-0.1, -0.05) is 54.1 Å². The zero-order valence-corrected chi connectivity index (χ0v) is 20.2. The highest BCUT2D eigenvalue weighted by Gasteiger charge is 2.18. The second kappa shape index (κ2) is 9.68. The molecule has 0 aliphatic heterocycles. The SMILES string of the molecule is Cc1nn(Cc2ccc(Cl)cc2)c(C)c1NC(=O)c1ccc(COc2ccc3ccccc3c2)o1. The maximum Gasteiger partial charge on any atom is 0.291 e. The number of hydrogen-bond acceptors (Lipinski definition) is 4. The number of benzene rings is 3. The number of furan rings is 1. The number of carbonyl (C=O) groups excluding carboxylic acids is 1. The number of nitrogens with one attached hydrogen (secondary N) is 1. The summed E-state index contributed by atoms with van der Waals surface area (Å²) in [4.78, 5) is 12.9. The van der Waals surface area contributed by atoms with Crippen molar-refractivity contribution < 1.29 is 13.9 Å². The molecule has 0 saturated heterocycles. The van der Waals surface area contributed by atoms with Crippen LogP contribution in [-0.2, 0) is 13.2 Å². The summed E-state index contributed by atoms with van der Waals surface area (Å²) in [6.45, 7) is 4.60. The Balaban J connectivity index is 1.24. The fourth-order valence-corrected chi connectivity index (χ4v) is 4.08. The number of hydrogen-bond donors (Lipinski definition) is 1. The van der Waals surface area contributed by atoms with Crippen LogP contribution in [0.5, 0.6) is 5.75 Å². The average molecular weight is 486 g/mol. The molecular formula is C28H24ClN3O3. The van der Waals surface area contributed by atoms with Crippen molar-refractivity contribution in [2.45, 2.75) is 27.0 Å². The first-order valence-corrected chi connectivity index (χ1v) is 11.6. The van der Waals surface area contributed by atoms with Gasteiger partial charge in [-0.05, 0) is 66.6 Å². The molecule has 0 radical (unpaired) electrons. The molecule has 176 valence electrons. The molecular weight excluding hydrogens is 462 g/mol. The lowest BCUT2D eigenvalue weighted by atomic mass is 10.1. The minimum atomic E-state index is -0.334. The summed E-state index contributed by atoms with van der Waals surface area (Å²) in [7, 11) is 0. The van der Waals surface area contributed by atoms with Crippen molar-refractivity contribution in [1.82, 2.24) is 9.78 Å². The maximum absolute atomic E-state index is 12.9. The quantitative estimate of drug-likeness (QED) is 0.276. The fourth-order valence-electron chi connectivity index (χ4n) is 3.96. The molecule has 35 heavy (non-hydrogen) atoms. The number of aromatic nitrogens is 2. The number of aryl methyl sites for hydroxylation is 1. The highest BCUT2D eigenvalue weighted by molar-refractivity contribution is 6.30. The predicted molar refractivity (Wildman–Crippen MR) is 137 cm³/mol. The van der Waals surface area contributed by atoms with E-state index in [-0.39, 0.29) is 18.3 Å². The van der Waals surface area contributed by atoms with Gasteiger partial charge in [-0.15, -0.1) is 0 Å². The van der Waals surface area contributed by atoms with Gasteiger partial charge in [-0.2, -0.15) is 5.10 Å². The molecule has 0 atom stereocenters. The van der Waals surface area contributed by atoms with E-state index in [0.29, 0.717) is 23.0 Å². The van der Waals surface area contributed by atoms with E-state index < -0.39 is 0 Å². The third kappa shape index (κ3) is 5.08. The largest absolute Gasteiger partial charge is 0.486 e. The van der Waals surface area contributed by atoms with E-state index >= 15 is 0 Å². The van der Waals surface area contributed by atoms with E-state index in [1.54, 1.807) is 12.1 Å². The van der Waals surface area contributed by atoms with Crippen LogP contribution in [-0.4, -0.2) is 15.7 Å². The number of nitrogens with zero attached hydrogens (tertiary/aromatic N) is 2. The lowest BCUT2D eigenvalue weighted by Crippen LogP contribution is -2.12. The van der Waals surface area contributed by atoms with Gasteiger partial charge >= 0.3 is 0 Å². The van der Waals surface area contributed by atoms with Gasteiger partial charge in [0.1, 0.15) is 18.1 Å². The lowest BCUT2D eigenvalue weighted by Gasteiger charge is -2.07. The summed E-state index contributed by atoms with van der Waals surface area (Å²) in [5.74, 6) is 1.19. The van der Waals surface area contributed by atoms with Crippen LogP contribution in [0, 0.1) is 13.8 Å². The summed E-state index contributed by atoms with van der Waals surface area (Å²) < 4.78 is 13.5. The number of rotatable bonds is 7. The van der Waals surface area contributed by atoms with Gasteiger partial charge in [0.15, 0.2) is 5.76 Å². The van der Waals surface area contributed by atoms with E-state index in [2.05, 4.69) is 16.5 Å². The Morgan fingerprint density at radius 2 is 1.77 bits per heavy atom. The molecule has 1 amide bonds. The Hall–Kier alpha value is -4.03. The van der Waals surface area contributed by atoms with Gasteiger partial charge in [-0.3, -0.25) is 9.48 Å². The maximum atomic E-state index is 12.9. The van der Waals surface area contributed by atoms with Gasteiger partial charge in [-0.25, -0.2) is 0 Å². The van der Waals surface area contributed by atoms with Gasteiger partial charge in [0.05, 0.1) is 23.6 Å². The first kappa shape index (κ1) is 22.7. The molecule has 5 rings (SSSR count). The van der Waals surface area contributed by atoms with Gasteiger partial charge in [0.25, 0.3) is 5.91 Å². The van der Waals surface area contributed by atoms with Crippen LogP contribution in [0.25, 0.3) is 10.8 Å².